The van der Waals surface area contributed by atoms with Crippen LogP contribution in [0.3, 0.4) is 0 Å². The van der Waals surface area contributed by atoms with Gasteiger partial charge in [0.2, 0.25) is 0 Å². The Bertz CT molecular complexity index is 956. The number of aromatic amines is 1. The van der Waals surface area contributed by atoms with Crippen LogP contribution in [0.25, 0.3) is 11.3 Å². The van der Waals surface area contributed by atoms with E-state index >= 15 is 0 Å². The zero-order valence-corrected chi connectivity index (χ0v) is 15.3. The molecule has 0 radical (unpaired) electrons. The number of halogens is 2. The predicted molar refractivity (Wildman–Crippen MR) is 103 cm³/mol. The number of aromatic nitrogens is 2. The molecule has 0 saturated carbocycles. The molecule has 1 unspecified atom stereocenters. The number of aromatic hydroxyl groups is 1. The van der Waals surface area contributed by atoms with Gasteiger partial charge < -0.3 is 10.2 Å². The Morgan fingerprint density at radius 2 is 2.00 bits per heavy atom. The highest BCUT2D eigenvalue weighted by molar-refractivity contribution is 6.36. The van der Waals surface area contributed by atoms with Crippen LogP contribution in [0.2, 0.25) is 10.0 Å². The zero-order valence-electron chi connectivity index (χ0n) is 13.7. The Morgan fingerprint density at radius 1 is 1.19 bits per heavy atom. The smallest absolute Gasteiger partial charge is 0.182 e. The monoisotopic (exact) mass is 390 g/mol. The van der Waals surface area contributed by atoms with Gasteiger partial charge in [-0.2, -0.15) is 10.2 Å². The molecule has 0 saturated heterocycles. The van der Waals surface area contributed by atoms with Gasteiger partial charge in [0.15, 0.2) is 6.23 Å². The maximum absolute atomic E-state index is 10.2. The van der Waals surface area contributed by atoms with Crippen molar-refractivity contribution in [3.8, 4) is 17.0 Å². The fourth-order valence-corrected chi connectivity index (χ4v) is 2.83. The third kappa shape index (κ3) is 4.16. The molecule has 0 aliphatic carbocycles. The number of phenolic OH excluding ortho intramolecular Hbond substituents is 1. The second-order valence-electron chi connectivity index (χ2n) is 5.67. The van der Waals surface area contributed by atoms with Gasteiger partial charge in [-0.1, -0.05) is 23.2 Å². The summed E-state index contributed by atoms with van der Waals surface area (Å²) < 4.78 is 0. The lowest BCUT2D eigenvalue weighted by atomic mass is 10.1. The first-order valence-electron chi connectivity index (χ1n) is 7.71. The van der Waals surface area contributed by atoms with Gasteiger partial charge >= 0.3 is 0 Å². The SMILES string of the molecule is Cc1cc(/C=N/NC(O)c2cc(-c3ccc(Cl)cc3Cl)n[nH]2)ccc1O. The Balaban J connectivity index is 1.69. The molecule has 0 aliphatic rings. The maximum atomic E-state index is 10.2. The van der Waals surface area contributed by atoms with Crippen LogP contribution < -0.4 is 5.43 Å². The van der Waals surface area contributed by atoms with E-state index in [0.717, 1.165) is 11.1 Å². The average Bonchev–Trinajstić information content (AvgIpc) is 3.08. The van der Waals surface area contributed by atoms with E-state index in [0.29, 0.717) is 27.0 Å². The number of aliphatic hydroxyl groups is 1. The Kier molecular flexibility index (Phi) is 5.46. The molecule has 8 heteroatoms. The molecule has 1 aromatic heterocycles. The summed E-state index contributed by atoms with van der Waals surface area (Å²) >= 11 is 12.1. The van der Waals surface area contributed by atoms with E-state index in [1.807, 2.05) is 0 Å². The molecule has 1 heterocycles. The first kappa shape index (κ1) is 18.3. The fourth-order valence-electron chi connectivity index (χ4n) is 2.32. The van der Waals surface area contributed by atoms with Crippen molar-refractivity contribution in [2.45, 2.75) is 13.2 Å². The van der Waals surface area contributed by atoms with E-state index in [-0.39, 0.29) is 5.75 Å². The lowest BCUT2D eigenvalue weighted by molar-refractivity contribution is 0.137. The highest BCUT2D eigenvalue weighted by Crippen LogP contribution is 2.30. The Morgan fingerprint density at radius 3 is 2.73 bits per heavy atom. The minimum Gasteiger partial charge on any atom is -0.508 e. The summed E-state index contributed by atoms with van der Waals surface area (Å²) in [5.74, 6) is 0.223. The van der Waals surface area contributed by atoms with Crippen LogP contribution in [0.1, 0.15) is 23.0 Å². The molecule has 0 bridgehead atoms. The van der Waals surface area contributed by atoms with Crippen molar-refractivity contribution in [3.63, 3.8) is 0 Å². The van der Waals surface area contributed by atoms with Crippen molar-refractivity contribution in [1.82, 2.24) is 15.6 Å². The molecule has 4 N–H and O–H groups in total. The Hall–Kier alpha value is -2.54. The molecule has 134 valence electrons. The number of phenols is 1. The summed E-state index contributed by atoms with van der Waals surface area (Å²) in [7, 11) is 0. The van der Waals surface area contributed by atoms with E-state index < -0.39 is 6.23 Å². The van der Waals surface area contributed by atoms with Crippen LogP contribution in [-0.2, 0) is 0 Å². The van der Waals surface area contributed by atoms with Crippen molar-refractivity contribution in [1.29, 1.82) is 0 Å². The molecule has 2 aromatic carbocycles. The van der Waals surface area contributed by atoms with Crippen molar-refractivity contribution < 1.29 is 10.2 Å². The largest absolute Gasteiger partial charge is 0.508 e. The summed E-state index contributed by atoms with van der Waals surface area (Å²) in [6.45, 7) is 1.79. The summed E-state index contributed by atoms with van der Waals surface area (Å²) in [5, 5.41) is 31.6. The molecule has 0 fully saturated rings. The molecule has 0 amide bonds. The standard InChI is InChI=1S/C18H16Cl2N4O2/c1-10-6-11(2-5-17(10)25)9-21-24-18(26)16-8-15(22-23-16)13-4-3-12(19)7-14(13)20/h2-9,18,24-26H,1H3,(H,22,23)/b21-9+. The first-order chi connectivity index (χ1) is 12.4. The van der Waals surface area contributed by atoms with Gasteiger partial charge in [0, 0.05) is 10.6 Å². The minimum atomic E-state index is -1.07. The van der Waals surface area contributed by atoms with Crippen molar-refractivity contribution in [2.75, 3.05) is 0 Å². The van der Waals surface area contributed by atoms with E-state index in [9.17, 15) is 10.2 Å². The van der Waals surface area contributed by atoms with E-state index in [1.54, 1.807) is 55.6 Å². The number of hydrogen-bond acceptors (Lipinski definition) is 5. The number of aryl methyl sites for hydroxylation is 1. The van der Waals surface area contributed by atoms with Crippen molar-refractivity contribution in [2.24, 2.45) is 5.10 Å². The third-order valence-corrected chi connectivity index (χ3v) is 4.28. The van der Waals surface area contributed by atoms with Gasteiger partial charge in [-0.3, -0.25) is 10.5 Å². The number of H-pyrrole nitrogens is 1. The lowest BCUT2D eigenvalue weighted by Crippen LogP contribution is -2.15. The lowest BCUT2D eigenvalue weighted by Gasteiger charge is -2.07. The number of nitrogens with zero attached hydrogens (tertiary/aromatic N) is 2. The fraction of sp³-hybridized carbons (Fsp3) is 0.111. The van der Waals surface area contributed by atoms with Gasteiger partial charge in [0.1, 0.15) is 5.75 Å². The van der Waals surface area contributed by atoms with Crippen LogP contribution in [0, 0.1) is 6.92 Å². The molecule has 0 spiro atoms. The number of benzene rings is 2. The highest BCUT2D eigenvalue weighted by atomic mass is 35.5. The number of rotatable bonds is 5. The van der Waals surface area contributed by atoms with Gasteiger partial charge in [-0.05, 0) is 60.5 Å². The second kappa shape index (κ2) is 7.78. The van der Waals surface area contributed by atoms with E-state index in [4.69, 9.17) is 23.2 Å². The average molecular weight is 391 g/mol. The Labute approximate surface area is 160 Å². The molecule has 26 heavy (non-hydrogen) atoms. The maximum Gasteiger partial charge on any atom is 0.182 e. The number of nitrogens with one attached hydrogen (secondary N) is 2. The van der Waals surface area contributed by atoms with Crippen molar-refractivity contribution in [3.05, 3.63) is 69.3 Å². The van der Waals surface area contributed by atoms with Gasteiger partial charge in [-0.15, -0.1) is 0 Å². The summed E-state index contributed by atoms with van der Waals surface area (Å²) in [5.41, 5.74) is 5.86. The van der Waals surface area contributed by atoms with Crippen LogP contribution in [0.4, 0.5) is 0 Å². The third-order valence-electron chi connectivity index (χ3n) is 3.73. The molecule has 6 nitrogen and oxygen atoms in total. The van der Waals surface area contributed by atoms with Crippen LogP contribution >= 0.6 is 23.2 Å². The quantitative estimate of drug-likeness (QED) is 0.300. The van der Waals surface area contributed by atoms with Gasteiger partial charge in [-0.25, -0.2) is 0 Å². The highest BCUT2D eigenvalue weighted by Gasteiger charge is 2.13. The van der Waals surface area contributed by atoms with Crippen LogP contribution in [0.5, 0.6) is 5.75 Å². The van der Waals surface area contributed by atoms with Crippen LogP contribution in [-0.4, -0.2) is 26.6 Å². The zero-order chi connectivity index (χ0) is 18.7. The summed E-state index contributed by atoms with van der Waals surface area (Å²) in [6.07, 6.45) is 0.472. The van der Waals surface area contributed by atoms with Gasteiger partial charge in [0.05, 0.1) is 22.6 Å². The number of hydrogen-bond donors (Lipinski definition) is 4. The summed E-state index contributed by atoms with van der Waals surface area (Å²) in [6, 6.07) is 11.9. The normalized spacial score (nSPS) is 12.5. The first-order valence-corrected chi connectivity index (χ1v) is 8.46. The second-order valence-corrected chi connectivity index (χ2v) is 6.51. The van der Waals surface area contributed by atoms with E-state index in [1.165, 1.54) is 0 Å². The topological polar surface area (TPSA) is 93.5 Å². The minimum absolute atomic E-state index is 0.223. The van der Waals surface area contributed by atoms with E-state index in [2.05, 4.69) is 20.7 Å². The van der Waals surface area contributed by atoms with Gasteiger partial charge in [0.25, 0.3) is 0 Å². The van der Waals surface area contributed by atoms with Crippen LogP contribution in [0.15, 0.2) is 47.6 Å². The molecule has 3 aromatic rings. The molecular formula is C18H16Cl2N4O2. The molecular weight excluding hydrogens is 375 g/mol. The predicted octanol–water partition coefficient (Wildman–Crippen LogP) is 4.01. The number of hydrazone groups is 1. The summed E-state index contributed by atoms with van der Waals surface area (Å²) in [4.78, 5) is 0. The molecule has 1 atom stereocenters. The molecule has 0 aliphatic heterocycles. The molecule has 3 rings (SSSR count). The van der Waals surface area contributed by atoms with Crippen molar-refractivity contribution >= 4 is 29.4 Å². The number of aliphatic hydroxyl groups excluding tert-OH is 1.